The van der Waals surface area contributed by atoms with E-state index >= 15 is 0 Å². The predicted octanol–water partition coefficient (Wildman–Crippen LogP) is 2.06. The van der Waals surface area contributed by atoms with Gasteiger partial charge in [0.2, 0.25) is 0 Å². The van der Waals surface area contributed by atoms with E-state index in [4.69, 9.17) is 5.26 Å². The highest BCUT2D eigenvalue weighted by atomic mass is 15.2. The van der Waals surface area contributed by atoms with Crippen LogP contribution >= 0.6 is 0 Å². The topological polar surface area (TPSA) is 68.6 Å². The van der Waals surface area contributed by atoms with Crippen LogP contribution in [-0.2, 0) is 0 Å². The Balaban J connectivity index is 1.72. The van der Waals surface area contributed by atoms with Crippen LogP contribution in [0.2, 0.25) is 0 Å². The van der Waals surface area contributed by atoms with Crippen molar-refractivity contribution in [1.82, 2.24) is 15.2 Å². The van der Waals surface area contributed by atoms with E-state index in [1.54, 1.807) is 12.3 Å². The van der Waals surface area contributed by atoms with E-state index < -0.39 is 0 Å². The Kier molecular flexibility index (Phi) is 3.15. The summed E-state index contributed by atoms with van der Waals surface area (Å²) in [6.07, 6.45) is 7.77. The van der Waals surface area contributed by atoms with Gasteiger partial charge in [0.25, 0.3) is 0 Å². The Morgan fingerprint density at radius 3 is 2.89 bits per heavy atom. The number of pyridine rings is 1. The first-order valence-corrected chi connectivity index (χ1v) is 6.47. The van der Waals surface area contributed by atoms with Crippen molar-refractivity contribution in [2.24, 2.45) is 0 Å². The molecule has 0 aliphatic carbocycles. The smallest absolute Gasteiger partial charge is 0.146 e. The minimum Gasteiger partial charge on any atom is -0.355 e. The highest BCUT2D eigenvalue weighted by Gasteiger charge is 2.23. The van der Waals surface area contributed by atoms with Gasteiger partial charge in [-0.1, -0.05) is 0 Å². The lowest BCUT2D eigenvalue weighted by Crippen LogP contribution is -2.33. The molecule has 0 amide bonds. The average Bonchev–Trinajstić information content (AvgIpc) is 3.02. The van der Waals surface area contributed by atoms with Gasteiger partial charge in [0.15, 0.2) is 0 Å². The predicted molar refractivity (Wildman–Crippen MR) is 71.7 cm³/mol. The summed E-state index contributed by atoms with van der Waals surface area (Å²) in [5, 5.41) is 16.0. The van der Waals surface area contributed by atoms with Crippen molar-refractivity contribution in [3.05, 3.63) is 41.9 Å². The maximum absolute atomic E-state index is 9.12. The maximum atomic E-state index is 9.12. The molecule has 96 valence electrons. The molecular formula is C14H15N5. The molecule has 1 N–H and O–H groups in total. The molecule has 19 heavy (non-hydrogen) atoms. The molecule has 1 aliphatic heterocycles. The molecule has 0 spiro atoms. The quantitative estimate of drug-likeness (QED) is 0.889. The van der Waals surface area contributed by atoms with Crippen LogP contribution in [0.25, 0.3) is 0 Å². The van der Waals surface area contributed by atoms with Crippen LogP contribution in [0.1, 0.15) is 29.9 Å². The number of H-pyrrole nitrogens is 1. The highest BCUT2D eigenvalue weighted by Crippen LogP contribution is 2.30. The summed E-state index contributed by atoms with van der Waals surface area (Å²) in [4.78, 5) is 6.55. The Hall–Kier alpha value is -2.35. The van der Waals surface area contributed by atoms with Gasteiger partial charge in [0.05, 0.1) is 11.8 Å². The van der Waals surface area contributed by atoms with E-state index in [0.717, 1.165) is 31.7 Å². The summed E-state index contributed by atoms with van der Waals surface area (Å²) in [6.45, 7) is 1.86. The highest BCUT2D eigenvalue weighted by molar-refractivity contribution is 5.53. The van der Waals surface area contributed by atoms with Crippen LogP contribution in [-0.4, -0.2) is 28.3 Å². The van der Waals surface area contributed by atoms with Gasteiger partial charge in [-0.15, -0.1) is 0 Å². The summed E-state index contributed by atoms with van der Waals surface area (Å²) in [5.41, 5.74) is 1.94. The Labute approximate surface area is 111 Å². The van der Waals surface area contributed by atoms with E-state index in [2.05, 4.69) is 26.2 Å². The van der Waals surface area contributed by atoms with Crippen molar-refractivity contribution in [2.45, 2.75) is 18.8 Å². The summed E-state index contributed by atoms with van der Waals surface area (Å²) in [7, 11) is 0. The molecule has 0 saturated carbocycles. The third-order valence-corrected chi connectivity index (χ3v) is 3.69. The molecule has 0 radical (unpaired) electrons. The fourth-order valence-electron chi connectivity index (χ4n) is 2.64. The average molecular weight is 253 g/mol. The first-order chi connectivity index (χ1) is 9.38. The number of hydrogen-bond acceptors (Lipinski definition) is 4. The summed E-state index contributed by atoms with van der Waals surface area (Å²) < 4.78 is 0. The standard InChI is InChI=1S/C14H15N5/c15-8-12-2-1-5-16-14(12)19-6-3-11(4-7-19)13-9-17-18-10-13/h1-2,5,9-11H,3-4,6-7H2,(H,17,18). The number of hydrogen-bond donors (Lipinski definition) is 1. The van der Waals surface area contributed by atoms with Gasteiger partial charge >= 0.3 is 0 Å². The van der Waals surface area contributed by atoms with Crippen LogP contribution in [0.4, 0.5) is 5.82 Å². The zero-order valence-corrected chi connectivity index (χ0v) is 10.6. The van der Waals surface area contributed by atoms with E-state index in [-0.39, 0.29) is 0 Å². The molecular weight excluding hydrogens is 238 g/mol. The van der Waals surface area contributed by atoms with Gasteiger partial charge in [-0.2, -0.15) is 10.4 Å². The number of nitriles is 1. The zero-order chi connectivity index (χ0) is 13.1. The van der Waals surface area contributed by atoms with Gasteiger partial charge in [0.1, 0.15) is 11.9 Å². The summed E-state index contributed by atoms with van der Waals surface area (Å²) in [6, 6.07) is 5.84. The van der Waals surface area contributed by atoms with Crippen molar-refractivity contribution in [2.75, 3.05) is 18.0 Å². The molecule has 0 atom stereocenters. The van der Waals surface area contributed by atoms with E-state index in [1.165, 1.54) is 5.56 Å². The lowest BCUT2D eigenvalue weighted by atomic mass is 9.91. The van der Waals surface area contributed by atoms with Crippen molar-refractivity contribution >= 4 is 5.82 Å². The van der Waals surface area contributed by atoms with Gasteiger partial charge in [-0.3, -0.25) is 5.10 Å². The van der Waals surface area contributed by atoms with Crippen molar-refractivity contribution in [3.63, 3.8) is 0 Å². The molecule has 0 bridgehead atoms. The minimum atomic E-state index is 0.559. The monoisotopic (exact) mass is 253 g/mol. The largest absolute Gasteiger partial charge is 0.355 e. The Bertz CT molecular complexity index is 576. The molecule has 3 heterocycles. The second kappa shape index (κ2) is 5.11. The fraction of sp³-hybridized carbons (Fsp3) is 0.357. The molecule has 0 aromatic carbocycles. The SMILES string of the molecule is N#Cc1cccnc1N1CCC(c2cn[nH]c2)CC1. The van der Waals surface area contributed by atoms with Crippen molar-refractivity contribution in [1.29, 1.82) is 5.26 Å². The number of nitrogens with one attached hydrogen (secondary N) is 1. The molecule has 5 nitrogen and oxygen atoms in total. The Morgan fingerprint density at radius 1 is 1.37 bits per heavy atom. The molecule has 3 rings (SSSR count). The van der Waals surface area contributed by atoms with Gasteiger partial charge in [-0.05, 0) is 36.5 Å². The van der Waals surface area contributed by atoms with E-state index in [0.29, 0.717) is 11.5 Å². The van der Waals surface area contributed by atoms with E-state index in [1.807, 2.05) is 18.5 Å². The van der Waals surface area contributed by atoms with Gasteiger partial charge in [0, 0.05) is 25.5 Å². The maximum Gasteiger partial charge on any atom is 0.146 e. The summed E-state index contributed by atoms with van der Waals surface area (Å²) >= 11 is 0. The molecule has 2 aromatic rings. The van der Waals surface area contributed by atoms with Crippen LogP contribution in [0.3, 0.4) is 0 Å². The molecule has 0 unspecified atom stereocenters. The lowest BCUT2D eigenvalue weighted by molar-refractivity contribution is 0.502. The third-order valence-electron chi connectivity index (χ3n) is 3.69. The minimum absolute atomic E-state index is 0.559. The van der Waals surface area contributed by atoms with Crippen LogP contribution < -0.4 is 4.90 Å². The van der Waals surface area contributed by atoms with Crippen LogP contribution in [0.5, 0.6) is 0 Å². The number of piperidine rings is 1. The molecule has 2 aromatic heterocycles. The number of aromatic amines is 1. The molecule has 5 heteroatoms. The first-order valence-electron chi connectivity index (χ1n) is 6.47. The summed E-state index contributed by atoms with van der Waals surface area (Å²) in [5.74, 6) is 1.37. The fourth-order valence-corrected chi connectivity index (χ4v) is 2.64. The van der Waals surface area contributed by atoms with Crippen molar-refractivity contribution < 1.29 is 0 Å². The normalized spacial score (nSPS) is 16.3. The molecule has 1 fully saturated rings. The molecule has 1 aliphatic rings. The number of rotatable bonds is 2. The zero-order valence-electron chi connectivity index (χ0n) is 10.6. The second-order valence-corrected chi connectivity index (χ2v) is 4.78. The first kappa shape index (κ1) is 11.7. The Morgan fingerprint density at radius 2 is 2.21 bits per heavy atom. The van der Waals surface area contributed by atoms with Crippen LogP contribution in [0, 0.1) is 11.3 Å². The van der Waals surface area contributed by atoms with Crippen LogP contribution in [0.15, 0.2) is 30.7 Å². The lowest BCUT2D eigenvalue weighted by Gasteiger charge is -2.32. The number of nitrogens with zero attached hydrogens (tertiary/aromatic N) is 4. The number of aromatic nitrogens is 3. The third kappa shape index (κ3) is 2.29. The van der Waals surface area contributed by atoms with E-state index in [9.17, 15) is 0 Å². The number of anilines is 1. The van der Waals surface area contributed by atoms with Crippen molar-refractivity contribution in [3.8, 4) is 6.07 Å². The van der Waals surface area contributed by atoms with Gasteiger partial charge in [-0.25, -0.2) is 4.98 Å². The van der Waals surface area contributed by atoms with Gasteiger partial charge < -0.3 is 4.90 Å². The second-order valence-electron chi connectivity index (χ2n) is 4.78. The molecule has 1 saturated heterocycles.